The largest absolute Gasteiger partial charge is 0.497 e. The van der Waals surface area contributed by atoms with Crippen molar-refractivity contribution in [3.8, 4) is 16.9 Å². The average molecular weight is 257 g/mol. The molecule has 0 radical (unpaired) electrons. The molecule has 0 aliphatic heterocycles. The molecule has 0 amide bonds. The summed E-state index contributed by atoms with van der Waals surface area (Å²) in [4.78, 5) is 0. The van der Waals surface area contributed by atoms with Gasteiger partial charge in [-0.3, -0.25) is 0 Å². The first-order valence-electron chi connectivity index (χ1n) is 6.21. The molecule has 100 valence electrons. The van der Waals surface area contributed by atoms with E-state index < -0.39 is 5.54 Å². The van der Waals surface area contributed by atoms with Crippen LogP contribution in [0, 0.1) is 0 Å². The summed E-state index contributed by atoms with van der Waals surface area (Å²) in [5, 5.41) is 9.35. The van der Waals surface area contributed by atoms with Crippen LogP contribution >= 0.6 is 0 Å². The van der Waals surface area contributed by atoms with Crippen LogP contribution in [0.25, 0.3) is 11.1 Å². The molecular weight excluding hydrogens is 238 g/mol. The molecule has 1 atom stereocenters. The minimum Gasteiger partial charge on any atom is -0.497 e. The maximum Gasteiger partial charge on any atom is 0.119 e. The Morgan fingerprint density at radius 3 is 2.37 bits per heavy atom. The second-order valence-corrected chi connectivity index (χ2v) is 4.89. The summed E-state index contributed by atoms with van der Waals surface area (Å²) in [6, 6.07) is 15.8. The SMILES string of the molecule is COc1cccc(-c2cccc(C(C)(N)CO)c2)c1. The maximum absolute atomic E-state index is 9.35. The van der Waals surface area contributed by atoms with E-state index in [0.29, 0.717) is 0 Å². The number of nitrogens with two attached hydrogens (primary N) is 1. The molecule has 2 aromatic carbocycles. The van der Waals surface area contributed by atoms with E-state index in [2.05, 4.69) is 0 Å². The lowest BCUT2D eigenvalue weighted by Gasteiger charge is -2.23. The Bertz CT molecular complexity index is 564. The molecule has 0 bridgehead atoms. The average Bonchev–Trinajstić information content (AvgIpc) is 2.47. The number of methoxy groups -OCH3 is 1. The molecule has 2 rings (SSSR count). The van der Waals surface area contributed by atoms with Gasteiger partial charge in [-0.25, -0.2) is 0 Å². The van der Waals surface area contributed by atoms with Crippen LogP contribution in [-0.2, 0) is 5.54 Å². The van der Waals surface area contributed by atoms with Crippen LogP contribution in [0.15, 0.2) is 48.5 Å². The number of rotatable bonds is 4. The molecule has 0 saturated heterocycles. The number of aliphatic hydroxyl groups is 1. The molecule has 19 heavy (non-hydrogen) atoms. The Morgan fingerprint density at radius 1 is 1.11 bits per heavy atom. The second kappa shape index (κ2) is 5.43. The van der Waals surface area contributed by atoms with Gasteiger partial charge in [0.15, 0.2) is 0 Å². The van der Waals surface area contributed by atoms with Gasteiger partial charge < -0.3 is 15.6 Å². The Hall–Kier alpha value is -1.84. The van der Waals surface area contributed by atoms with Crippen molar-refractivity contribution in [2.24, 2.45) is 5.73 Å². The van der Waals surface area contributed by atoms with Gasteiger partial charge in [-0.15, -0.1) is 0 Å². The monoisotopic (exact) mass is 257 g/mol. The van der Waals surface area contributed by atoms with Gasteiger partial charge in [0.1, 0.15) is 5.75 Å². The molecule has 0 aromatic heterocycles. The van der Waals surface area contributed by atoms with Gasteiger partial charge in [-0.05, 0) is 41.8 Å². The van der Waals surface area contributed by atoms with Crippen molar-refractivity contribution in [2.45, 2.75) is 12.5 Å². The molecular formula is C16H19NO2. The molecule has 0 heterocycles. The molecule has 2 aromatic rings. The van der Waals surface area contributed by atoms with Crippen molar-refractivity contribution in [1.82, 2.24) is 0 Å². The molecule has 0 fully saturated rings. The molecule has 3 nitrogen and oxygen atoms in total. The highest BCUT2D eigenvalue weighted by Gasteiger charge is 2.20. The summed E-state index contributed by atoms with van der Waals surface area (Å²) in [6.07, 6.45) is 0. The van der Waals surface area contributed by atoms with Crippen molar-refractivity contribution in [3.63, 3.8) is 0 Å². The first-order valence-corrected chi connectivity index (χ1v) is 6.21. The first-order chi connectivity index (χ1) is 9.06. The third kappa shape index (κ3) is 2.95. The Kier molecular flexibility index (Phi) is 3.88. The van der Waals surface area contributed by atoms with Crippen molar-refractivity contribution in [2.75, 3.05) is 13.7 Å². The van der Waals surface area contributed by atoms with Crippen molar-refractivity contribution >= 4 is 0 Å². The van der Waals surface area contributed by atoms with E-state index in [1.54, 1.807) is 7.11 Å². The smallest absolute Gasteiger partial charge is 0.119 e. The van der Waals surface area contributed by atoms with Gasteiger partial charge in [-0.2, -0.15) is 0 Å². The summed E-state index contributed by atoms with van der Waals surface area (Å²) in [5.41, 5.74) is 8.37. The number of hydrogen-bond acceptors (Lipinski definition) is 3. The maximum atomic E-state index is 9.35. The standard InChI is InChI=1S/C16H19NO2/c1-16(17,11-18)14-7-3-5-12(9-14)13-6-4-8-15(10-13)19-2/h3-10,18H,11,17H2,1-2H3. The van der Waals surface area contributed by atoms with Gasteiger partial charge in [0.2, 0.25) is 0 Å². The Balaban J connectivity index is 2.43. The van der Waals surface area contributed by atoms with Gasteiger partial charge in [-0.1, -0.05) is 30.3 Å². The van der Waals surface area contributed by atoms with Crippen LogP contribution in [0.3, 0.4) is 0 Å². The van der Waals surface area contributed by atoms with E-state index in [1.165, 1.54) is 0 Å². The van der Waals surface area contributed by atoms with E-state index in [1.807, 2.05) is 55.5 Å². The fraction of sp³-hybridized carbons (Fsp3) is 0.250. The lowest BCUT2D eigenvalue weighted by Crippen LogP contribution is -2.36. The molecule has 0 spiro atoms. The molecule has 3 heteroatoms. The van der Waals surface area contributed by atoms with Crippen LogP contribution < -0.4 is 10.5 Å². The molecule has 3 N–H and O–H groups in total. The summed E-state index contributed by atoms with van der Waals surface area (Å²) in [7, 11) is 1.65. The van der Waals surface area contributed by atoms with Crippen LogP contribution in [0.4, 0.5) is 0 Å². The van der Waals surface area contributed by atoms with E-state index >= 15 is 0 Å². The fourth-order valence-electron chi connectivity index (χ4n) is 1.95. The molecule has 0 aliphatic carbocycles. The van der Waals surface area contributed by atoms with E-state index in [-0.39, 0.29) is 6.61 Å². The summed E-state index contributed by atoms with van der Waals surface area (Å²) < 4.78 is 5.23. The zero-order chi connectivity index (χ0) is 13.9. The molecule has 0 saturated carbocycles. The second-order valence-electron chi connectivity index (χ2n) is 4.89. The predicted molar refractivity (Wildman–Crippen MR) is 77.1 cm³/mol. The van der Waals surface area contributed by atoms with Gasteiger partial charge in [0, 0.05) is 0 Å². The van der Waals surface area contributed by atoms with Gasteiger partial charge >= 0.3 is 0 Å². The van der Waals surface area contributed by atoms with Gasteiger partial charge in [0.25, 0.3) is 0 Å². The van der Waals surface area contributed by atoms with E-state index in [9.17, 15) is 5.11 Å². The Labute approximate surface area is 113 Å². The zero-order valence-corrected chi connectivity index (χ0v) is 11.3. The summed E-state index contributed by atoms with van der Waals surface area (Å²) in [6.45, 7) is 1.73. The van der Waals surface area contributed by atoms with Crippen molar-refractivity contribution < 1.29 is 9.84 Å². The topological polar surface area (TPSA) is 55.5 Å². The van der Waals surface area contributed by atoms with E-state index in [0.717, 1.165) is 22.4 Å². The Morgan fingerprint density at radius 2 is 1.74 bits per heavy atom. The van der Waals surface area contributed by atoms with Crippen LogP contribution in [0.2, 0.25) is 0 Å². The number of hydrogen-bond donors (Lipinski definition) is 2. The predicted octanol–water partition coefficient (Wildman–Crippen LogP) is 2.53. The number of ether oxygens (including phenoxy) is 1. The molecule has 0 aliphatic rings. The lowest BCUT2D eigenvalue weighted by molar-refractivity contribution is 0.210. The van der Waals surface area contributed by atoms with Crippen LogP contribution in [0.5, 0.6) is 5.75 Å². The highest BCUT2D eigenvalue weighted by atomic mass is 16.5. The van der Waals surface area contributed by atoms with Gasteiger partial charge in [0.05, 0.1) is 19.3 Å². The van der Waals surface area contributed by atoms with Crippen molar-refractivity contribution in [1.29, 1.82) is 0 Å². The minimum absolute atomic E-state index is 0.0887. The number of benzene rings is 2. The third-order valence-corrected chi connectivity index (χ3v) is 3.25. The minimum atomic E-state index is -0.727. The van der Waals surface area contributed by atoms with E-state index in [4.69, 9.17) is 10.5 Å². The number of aliphatic hydroxyl groups excluding tert-OH is 1. The van der Waals surface area contributed by atoms with Crippen LogP contribution in [-0.4, -0.2) is 18.8 Å². The third-order valence-electron chi connectivity index (χ3n) is 3.25. The lowest BCUT2D eigenvalue weighted by atomic mass is 9.91. The summed E-state index contributed by atoms with van der Waals surface area (Å²) >= 11 is 0. The zero-order valence-electron chi connectivity index (χ0n) is 11.3. The normalized spacial score (nSPS) is 13.9. The fourth-order valence-corrected chi connectivity index (χ4v) is 1.95. The quantitative estimate of drug-likeness (QED) is 0.885. The highest BCUT2D eigenvalue weighted by molar-refractivity contribution is 5.66. The highest BCUT2D eigenvalue weighted by Crippen LogP contribution is 2.27. The summed E-state index contributed by atoms with van der Waals surface area (Å²) in [5.74, 6) is 0.820. The van der Waals surface area contributed by atoms with Crippen LogP contribution in [0.1, 0.15) is 12.5 Å². The molecule has 1 unspecified atom stereocenters. The van der Waals surface area contributed by atoms with Crippen molar-refractivity contribution in [3.05, 3.63) is 54.1 Å². The first kappa shape index (κ1) is 13.6.